The molecular formula is C22H16N2O2S2. The number of nitrogens with zero attached hydrogens (tertiary/aromatic N) is 1. The Kier molecular flexibility index (Phi) is 5.29. The lowest BCUT2D eigenvalue weighted by Gasteiger charge is -1.97. The van der Waals surface area contributed by atoms with Crippen LogP contribution in [0.3, 0.4) is 0 Å². The normalized spacial score (nSPS) is 15.0. The molecule has 3 aromatic rings. The Balaban J connectivity index is 1.64. The van der Waals surface area contributed by atoms with Gasteiger partial charge in [0, 0.05) is 29.4 Å². The highest BCUT2D eigenvalue weighted by Gasteiger charge is 2.22. The zero-order valence-corrected chi connectivity index (χ0v) is 16.7. The number of pyridine rings is 1. The van der Waals surface area contributed by atoms with E-state index < -0.39 is 0 Å². The highest BCUT2D eigenvalue weighted by Crippen LogP contribution is 2.29. The highest BCUT2D eigenvalue weighted by molar-refractivity contribution is 8.26. The topological polar surface area (TPSA) is 55.1 Å². The first-order valence-electron chi connectivity index (χ1n) is 8.86. The van der Waals surface area contributed by atoms with Crippen LogP contribution in [0.5, 0.6) is 0 Å². The first kappa shape index (κ1) is 18.5. The van der Waals surface area contributed by atoms with Gasteiger partial charge < -0.3 is 9.73 Å². The number of thioether (sulfide) groups is 1. The van der Waals surface area contributed by atoms with E-state index in [-0.39, 0.29) is 5.91 Å². The van der Waals surface area contributed by atoms with Crippen LogP contribution in [0, 0.1) is 11.8 Å². The zero-order chi connectivity index (χ0) is 19.5. The quantitative estimate of drug-likeness (QED) is 0.391. The van der Waals surface area contributed by atoms with Crippen LogP contribution in [0.25, 0.3) is 17.0 Å². The summed E-state index contributed by atoms with van der Waals surface area (Å²) in [7, 11) is 0. The molecule has 1 aromatic carbocycles. The maximum absolute atomic E-state index is 11.8. The highest BCUT2D eigenvalue weighted by atomic mass is 32.2. The van der Waals surface area contributed by atoms with E-state index in [0.29, 0.717) is 26.1 Å². The number of nitrogens with one attached hydrogen (secondary N) is 1. The minimum Gasteiger partial charge on any atom is -0.455 e. The van der Waals surface area contributed by atoms with Crippen molar-refractivity contribution in [3.8, 4) is 11.8 Å². The van der Waals surface area contributed by atoms with Crippen molar-refractivity contribution in [2.75, 3.05) is 0 Å². The summed E-state index contributed by atoms with van der Waals surface area (Å²) < 4.78 is 6.38. The Bertz CT molecular complexity index is 1160. The van der Waals surface area contributed by atoms with Crippen LogP contribution in [-0.4, -0.2) is 15.2 Å². The lowest BCUT2D eigenvalue weighted by atomic mass is 10.1. The molecule has 0 saturated carbocycles. The third-order valence-electron chi connectivity index (χ3n) is 4.19. The number of carbonyl (C=O) groups excluding carboxylic acids is 1. The molecule has 3 heterocycles. The second-order valence-corrected chi connectivity index (χ2v) is 8.02. The first-order chi connectivity index (χ1) is 13.6. The molecule has 0 atom stereocenters. The van der Waals surface area contributed by atoms with Gasteiger partial charge in [0.05, 0.1) is 10.5 Å². The van der Waals surface area contributed by atoms with E-state index in [2.05, 4.69) is 41.2 Å². The van der Waals surface area contributed by atoms with E-state index >= 15 is 0 Å². The van der Waals surface area contributed by atoms with Crippen molar-refractivity contribution in [1.29, 1.82) is 0 Å². The summed E-state index contributed by atoms with van der Waals surface area (Å²) in [5.41, 5.74) is 3.62. The van der Waals surface area contributed by atoms with Gasteiger partial charge >= 0.3 is 0 Å². The largest absolute Gasteiger partial charge is 0.455 e. The molecule has 0 bridgehead atoms. The molecule has 1 aliphatic heterocycles. The van der Waals surface area contributed by atoms with Crippen LogP contribution in [0.15, 0.2) is 52.0 Å². The van der Waals surface area contributed by atoms with Crippen LogP contribution in [-0.2, 0) is 11.2 Å². The zero-order valence-electron chi connectivity index (χ0n) is 15.1. The SMILES string of the molecule is CCCc1ccc(C#Cc2cncc3cc(C=C4SC(=S)NC4=O)oc23)cc1. The standard InChI is InChI=1S/C22H16N2O2S2/c1-2-3-14-4-6-15(7-5-14)8-9-16-12-23-13-17-10-18(26-20(16)17)11-19-21(25)24-22(27)28-19/h4-7,10-13H,2-3H2,1H3,(H,24,25,27). The average molecular weight is 405 g/mol. The summed E-state index contributed by atoms with van der Waals surface area (Å²) in [5, 5.41) is 3.43. The molecule has 1 fully saturated rings. The fraction of sp³-hybridized carbons (Fsp3) is 0.136. The third kappa shape index (κ3) is 4.01. The number of aryl methyl sites for hydroxylation is 1. The maximum Gasteiger partial charge on any atom is 0.263 e. The van der Waals surface area contributed by atoms with E-state index in [0.717, 1.165) is 23.8 Å². The number of amides is 1. The van der Waals surface area contributed by atoms with Gasteiger partial charge in [-0.2, -0.15) is 0 Å². The molecule has 4 nitrogen and oxygen atoms in total. The summed E-state index contributed by atoms with van der Waals surface area (Å²) in [6.45, 7) is 2.17. The second kappa shape index (κ2) is 8.01. The minimum atomic E-state index is -0.208. The minimum absolute atomic E-state index is 0.208. The van der Waals surface area contributed by atoms with Crippen LogP contribution in [0.4, 0.5) is 0 Å². The van der Waals surface area contributed by atoms with E-state index in [9.17, 15) is 4.79 Å². The molecule has 0 radical (unpaired) electrons. The Labute approximate surface area is 172 Å². The monoisotopic (exact) mass is 404 g/mol. The third-order valence-corrected chi connectivity index (χ3v) is 5.35. The smallest absolute Gasteiger partial charge is 0.263 e. The van der Waals surface area contributed by atoms with Crippen molar-refractivity contribution < 1.29 is 9.21 Å². The second-order valence-electron chi connectivity index (χ2n) is 6.30. The molecule has 1 aliphatic rings. The Morgan fingerprint density at radius 3 is 2.79 bits per heavy atom. The molecule has 0 aliphatic carbocycles. The van der Waals surface area contributed by atoms with Gasteiger partial charge in [-0.15, -0.1) is 0 Å². The molecule has 0 spiro atoms. The average Bonchev–Trinajstić information content (AvgIpc) is 3.24. The summed E-state index contributed by atoms with van der Waals surface area (Å²) in [6.07, 6.45) is 7.29. The van der Waals surface area contributed by atoms with E-state index in [1.807, 2.05) is 18.2 Å². The number of hydrogen-bond acceptors (Lipinski definition) is 5. The molecule has 138 valence electrons. The van der Waals surface area contributed by atoms with E-state index in [1.54, 1.807) is 18.5 Å². The van der Waals surface area contributed by atoms with Crippen molar-refractivity contribution in [3.05, 3.63) is 70.1 Å². The molecule has 1 N–H and O–H groups in total. The molecule has 1 saturated heterocycles. The molecule has 28 heavy (non-hydrogen) atoms. The fourth-order valence-corrected chi connectivity index (χ4v) is 3.90. The van der Waals surface area contributed by atoms with Crippen molar-refractivity contribution in [2.24, 2.45) is 0 Å². The van der Waals surface area contributed by atoms with Gasteiger partial charge in [-0.1, -0.05) is 61.3 Å². The lowest BCUT2D eigenvalue weighted by molar-refractivity contribution is -0.115. The molecule has 2 aromatic heterocycles. The van der Waals surface area contributed by atoms with Crippen molar-refractivity contribution >= 4 is 51.3 Å². The number of fused-ring (bicyclic) bond motifs is 1. The molecule has 0 unspecified atom stereocenters. The number of rotatable bonds is 3. The number of furan rings is 1. The van der Waals surface area contributed by atoms with Crippen molar-refractivity contribution in [2.45, 2.75) is 19.8 Å². The van der Waals surface area contributed by atoms with E-state index in [4.69, 9.17) is 16.6 Å². The number of benzene rings is 1. The summed E-state index contributed by atoms with van der Waals surface area (Å²) >= 11 is 6.23. The van der Waals surface area contributed by atoms with Gasteiger partial charge in [0.25, 0.3) is 5.91 Å². The molecule has 4 rings (SSSR count). The lowest BCUT2D eigenvalue weighted by Crippen LogP contribution is -2.17. The Morgan fingerprint density at radius 2 is 2.07 bits per heavy atom. The van der Waals surface area contributed by atoms with Gasteiger partial charge in [0.15, 0.2) is 5.58 Å². The first-order valence-corrected chi connectivity index (χ1v) is 10.1. The Morgan fingerprint density at radius 1 is 1.25 bits per heavy atom. The maximum atomic E-state index is 11.8. The molecular weight excluding hydrogens is 388 g/mol. The fourth-order valence-electron chi connectivity index (χ4n) is 2.88. The summed E-state index contributed by atoms with van der Waals surface area (Å²) in [4.78, 5) is 16.6. The predicted molar refractivity (Wildman–Crippen MR) is 117 cm³/mol. The van der Waals surface area contributed by atoms with Gasteiger partial charge in [-0.05, 0) is 30.2 Å². The van der Waals surface area contributed by atoms with Crippen molar-refractivity contribution in [3.63, 3.8) is 0 Å². The van der Waals surface area contributed by atoms with Crippen LogP contribution in [0.1, 0.15) is 35.8 Å². The van der Waals surface area contributed by atoms with Gasteiger partial charge in [0.1, 0.15) is 10.1 Å². The summed E-state index contributed by atoms with van der Waals surface area (Å²) in [6, 6.07) is 10.1. The summed E-state index contributed by atoms with van der Waals surface area (Å²) in [5.74, 6) is 6.67. The number of aromatic nitrogens is 1. The number of carbonyl (C=O) groups is 1. The van der Waals surface area contributed by atoms with Crippen LogP contribution >= 0.6 is 24.0 Å². The van der Waals surface area contributed by atoms with Crippen molar-refractivity contribution in [1.82, 2.24) is 10.3 Å². The number of hydrogen-bond donors (Lipinski definition) is 1. The molecule has 1 amide bonds. The van der Waals surface area contributed by atoms with Gasteiger partial charge in [0.2, 0.25) is 0 Å². The number of thiocarbonyl (C=S) groups is 1. The Hall–Kier alpha value is -2.88. The van der Waals surface area contributed by atoms with Crippen LogP contribution in [0.2, 0.25) is 0 Å². The van der Waals surface area contributed by atoms with Gasteiger partial charge in [-0.3, -0.25) is 9.78 Å². The van der Waals surface area contributed by atoms with Gasteiger partial charge in [-0.25, -0.2) is 0 Å². The molecule has 6 heteroatoms. The van der Waals surface area contributed by atoms with E-state index in [1.165, 1.54) is 17.3 Å². The predicted octanol–water partition coefficient (Wildman–Crippen LogP) is 4.67. The van der Waals surface area contributed by atoms with Crippen LogP contribution < -0.4 is 5.32 Å².